The molecular weight excluding hydrogens is 212 g/mol. The first-order chi connectivity index (χ1) is 8.17. The fourth-order valence-corrected chi connectivity index (χ4v) is 1.85. The summed E-state index contributed by atoms with van der Waals surface area (Å²) in [6.07, 6.45) is 2.32. The summed E-state index contributed by atoms with van der Waals surface area (Å²) >= 11 is 0. The molecule has 0 aliphatic rings. The average molecular weight is 236 g/mol. The first-order valence-corrected chi connectivity index (χ1v) is 6.31. The molecule has 0 heterocycles. The lowest BCUT2D eigenvalue weighted by Crippen LogP contribution is -2.17. The second kappa shape index (κ2) is 7.30. The molecule has 1 atom stereocenters. The molecule has 1 aromatic rings. The van der Waals surface area contributed by atoms with Gasteiger partial charge in [-0.2, -0.15) is 0 Å². The van der Waals surface area contributed by atoms with Crippen LogP contribution in [0.2, 0.25) is 0 Å². The van der Waals surface area contributed by atoms with Gasteiger partial charge in [-0.25, -0.2) is 0 Å². The highest BCUT2D eigenvalue weighted by Gasteiger charge is 2.08. The summed E-state index contributed by atoms with van der Waals surface area (Å²) in [5, 5.41) is 3.32. The molecule has 0 spiro atoms. The van der Waals surface area contributed by atoms with E-state index in [1.54, 1.807) is 0 Å². The molecule has 0 fully saturated rings. The Bertz CT molecular complexity index is 309. The summed E-state index contributed by atoms with van der Waals surface area (Å²) in [5.74, 6) is 0.928. The summed E-state index contributed by atoms with van der Waals surface area (Å²) in [5.41, 5.74) is 6.83. The number of benzene rings is 1. The van der Waals surface area contributed by atoms with Gasteiger partial charge in [0.15, 0.2) is 0 Å². The van der Waals surface area contributed by atoms with Crippen molar-refractivity contribution in [2.75, 3.05) is 13.6 Å². The van der Waals surface area contributed by atoms with Crippen molar-refractivity contribution in [1.29, 1.82) is 0 Å². The van der Waals surface area contributed by atoms with Crippen molar-refractivity contribution < 1.29 is 4.74 Å². The van der Waals surface area contributed by atoms with Gasteiger partial charge in [-0.3, -0.25) is 0 Å². The first kappa shape index (κ1) is 14.0. The van der Waals surface area contributed by atoms with Crippen LogP contribution in [0.1, 0.15) is 38.3 Å². The van der Waals surface area contributed by atoms with Gasteiger partial charge in [-0.05, 0) is 58.0 Å². The summed E-state index contributed by atoms with van der Waals surface area (Å²) in [6.45, 7) is 4.81. The Kier molecular flexibility index (Phi) is 6.01. The normalized spacial score (nSPS) is 12.8. The molecule has 0 aliphatic heterocycles. The molecule has 0 aromatic heterocycles. The van der Waals surface area contributed by atoms with Crippen molar-refractivity contribution in [2.24, 2.45) is 5.73 Å². The van der Waals surface area contributed by atoms with E-state index >= 15 is 0 Å². The van der Waals surface area contributed by atoms with Crippen molar-refractivity contribution in [1.82, 2.24) is 5.32 Å². The van der Waals surface area contributed by atoms with Crippen LogP contribution in [0.15, 0.2) is 24.3 Å². The molecule has 0 saturated heterocycles. The van der Waals surface area contributed by atoms with Crippen LogP contribution in [0, 0.1) is 0 Å². The Morgan fingerprint density at radius 2 is 1.88 bits per heavy atom. The highest BCUT2D eigenvalue weighted by molar-refractivity contribution is 5.29. The Hall–Kier alpha value is -1.06. The van der Waals surface area contributed by atoms with Crippen molar-refractivity contribution in [2.45, 2.75) is 38.8 Å². The smallest absolute Gasteiger partial charge is 0.119 e. The molecule has 0 bridgehead atoms. The number of hydrogen-bond donors (Lipinski definition) is 2. The Labute approximate surface area is 104 Å². The maximum Gasteiger partial charge on any atom is 0.119 e. The zero-order valence-corrected chi connectivity index (χ0v) is 11.1. The van der Waals surface area contributed by atoms with Crippen LogP contribution in [0.3, 0.4) is 0 Å². The minimum Gasteiger partial charge on any atom is -0.491 e. The molecule has 1 rings (SSSR count). The SMILES string of the molecule is CNC(CCCN)c1ccc(OC(C)C)cc1. The maximum atomic E-state index is 5.62. The van der Waals surface area contributed by atoms with E-state index in [4.69, 9.17) is 10.5 Å². The Balaban J connectivity index is 2.64. The molecule has 3 heteroatoms. The number of nitrogens with one attached hydrogen (secondary N) is 1. The topological polar surface area (TPSA) is 47.3 Å². The average Bonchev–Trinajstić information content (AvgIpc) is 2.31. The largest absolute Gasteiger partial charge is 0.491 e. The molecule has 0 radical (unpaired) electrons. The van der Waals surface area contributed by atoms with Gasteiger partial charge in [0.05, 0.1) is 6.10 Å². The van der Waals surface area contributed by atoms with Gasteiger partial charge in [0, 0.05) is 6.04 Å². The van der Waals surface area contributed by atoms with E-state index in [0.717, 1.165) is 25.1 Å². The third kappa shape index (κ3) is 4.75. The molecule has 1 unspecified atom stereocenters. The van der Waals surface area contributed by atoms with E-state index in [9.17, 15) is 0 Å². The molecule has 0 saturated carbocycles. The quantitative estimate of drug-likeness (QED) is 0.764. The van der Waals surface area contributed by atoms with Gasteiger partial charge in [0.25, 0.3) is 0 Å². The number of hydrogen-bond acceptors (Lipinski definition) is 3. The molecule has 3 nitrogen and oxygen atoms in total. The first-order valence-electron chi connectivity index (χ1n) is 6.31. The summed E-state index contributed by atoms with van der Waals surface area (Å²) in [6, 6.07) is 8.68. The second-order valence-corrected chi connectivity index (χ2v) is 4.51. The molecule has 0 aliphatic carbocycles. The standard InChI is InChI=1S/C14H24N2O/c1-11(2)17-13-8-6-12(7-9-13)14(16-3)5-4-10-15/h6-9,11,14,16H,4-5,10,15H2,1-3H3. The van der Waals surface area contributed by atoms with E-state index in [0.29, 0.717) is 6.04 Å². The second-order valence-electron chi connectivity index (χ2n) is 4.51. The van der Waals surface area contributed by atoms with Crippen molar-refractivity contribution >= 4 is 0 Å². The predicted octanol–water partition coefficient (Wildman–Crippen LogP) is 2.47. The van der Waals surface area contributed by atoms with Crippen LogP contribution >= 0.6 is 0 Å². The third-order valence-corrected chi connectivity index (χ3v) is 2.70. The van der Waals surface area contributed by atoms with Crippen LogP contribution in [-0.2, 0) is 0 Å². The number of nitrogens with two attached hydrogens (primary N) is 1. The highest BCUT2D eigenvalue weighted by Crippen LogP contribution is 2.21. The molecular formula is C14H24N2O. The number of rotatable bonds is 7. The Morgan fingerprint density at radius 1 is 1.24 bits per heavy atom. The predicted molar refractivity (Wildman–Crippen MR) is 72.3 cm³/mol. The van der Waals surface area contributed by atoms with Gasteiger partial charge in [0.2, 0.25) is 0 Å². The summed E-state index contributed by atoms with van der Waals surface area (Å²) < 4.78 is 5.62. The molecule has 17 heavy (non-hydrogen) atoms. The van der Waals surface area contributed by atoms with Crippen LogP contribution in [0.25, 0.3) is 0 Å². The van der Waals surface area contributed by atoms with Gasteiger partial charge >= 0.3 is 0 Å². The molecule has 96 valence electrons. The molecule has 3 N–H and O–H groups in total. The lowest BCUT2D eigenvalue weighted by Gasteiger charge is -2.17. The molecule has 0 amide bonds. The Morgan fingerprint density at radius 3 is 2.35 bits per heavy atom. The van der Waals surface area contributed by atoms with E-state index in [1.807, 2.05) is 33.0 Å². The third-order valence-electron chi connectivity index (χ3n) is 2.70. The fourth-order valence-electron chi connectivity index (χ4n) is 1.85. The minimum atomic E-state index is 0.221. The van der Waals surface area contributed by atoms with Crippen molar-refractivity contribution in [3.8, 4) is 5.75 Å². The van der Waals surface area contributed by atoms with E-state index < -0.39 is 0 Å². The van der Waals surface area contributed by atoms with Gasteiger partial charge < -0.3 is 15.8 Å². The van der Waals surface area contributed by atoms with Crippen LogP contribution in [0.4, 0.5) is 0 Å². The zero-order chi connectivity index (χ0) is 12.7. The molecule has 1 aromatic carbocycles. The minimum absolute atomic E-state index is 0.221. The van der Waals surface area contributed by atoms with Crippen molar-refractivity contribution in [3.63, 3.8) is 0 Å². The van der Waals surface area contributed by atoms with Crippen LogP contribution < -0.4 is 15.8 Å². The zero-order valence-electron chi connectivity index (χ0n) is 11.1. The van der Waals surface area contributed by atoms with Crippen LogP contribution in [0.5, 0.6) is 5.75 Å². The fraction of sp³-hybridized carbons (Fsp3) is 0.571. The maximum absolute atomic E-state index is 5.62. The van der Waals surface area contributed by atoms with Crippen LogP contribution in [-0.4, -0.2) is 19.7 Å². The summed E-state index contributed by atoms with van der Waals surface area (Å²) in [4.78, 5) is 0. The number of ether oxygens (including phenoxy) is 1. The van der Waals surface area contributed by atoms with Gasteiger partial charge in [0.1, 0.15) is 5.75 Å². The summed E-state index contributed by atoms with van der Waals surface area (Å²) in [7, 11) is 1.99. The lowest BCUT2D eigenvalue weighted by molar-refractivity contribution is 0.242. The highest BCUT2D eigenvalue weighted by atomic mass is 16.5. The van der Waals surface area contributed by atoms with Crippen molar-refractivity contribution in [3.05, 3.63) is 29.8 Å². The van der Waals surface area contributed by atoms with E-state index in [1.165, 1.54) is 5.56 Å². The van der Waals surface area contributed by atoms with E-state index in [2.05, 4.69) is 17.4 Å². The monoisotopic (exact) mass is 236 g/mol. The lowest BCUT2D eigenvalue weighted by atomic mass is 10.0. The van der Waals surface area contributed by atoms with Gasteiger partial charge in [-0.15, -0.1) is 0 Å². The van der Waals surface area contributed by atoms with Gasteiger partial charge in [-0.1, -0.05) is 12.1 Å². The van der Waals surface area contributed by atoms with E-state index in [-0.39, 0.29) is 6.10 Å².